The zero-order chi connectivity index (χ0) is 14.1. The number of ether oxygens (including phenoxy) is 1. The first kappa shape index (κ1) is 19.5. The lowest BCUT2D eigenvalue weighted by molar-refractivity contribution is 0.321. The van der Waals surface area contributed by atoms with Gasteiger partial charge in [-0.1, -0.05) is 35.8 Å². The molecule has 1 aromatic rings. The van der Waals surface area contributed by atoms with Crippen LogP contribution >= 0.6 is 39.9 Å². The lowest BCUT2D eigenvalue weighted by Gasteiger charge is -2.13. The summed E-state index contributed by atoms with van der Waals surface area (Å²) >= 11 is 3.41. The van der Waals surface area contributed by atoms with Gasteiger partial charge in [-0.3, -0.25) is 4.99 Å². The summed E-state index contributed by atoms with van der Waals surface area (Å²) in [6.45, 7) is 6.54. The predicted octanol–water partition coefficient (Wildman–Crippen LogP) is 3.27. The van der Waals surface area contributed by atoms with Crippen molar-refractivity contribution in [3.8, 4) is 5.75 Å². The molecule has 6 heteroatoms. The van der Waals surface area contributed by atoms with Crippen LogP contribution in [0.1, 0.15) is 13.8 Å². The van der Waals surface area contributed by atoms with E-state index in [4.69, 9.17) is 4.74 Å². The van der Waals surface area contributed by atoms with Crippen LogP contribution in [-0.2, 0) is 0 Å². The minimum Gasteiger partial charge on any atom is -0.492 e. The molecule has 0 heterocycles. The molecule has 1 rings (SSSR count). The van der Waals surface area contributed by atoms with Gasteiger partial charge >= 0.3 is 0 Å². The zero-order valence-corrected chi connectivity index (χ0v) is 16.1. The summed E-state index contributed by atoms with van der Waals surface area (Å²) in [5.74, 6) is 2.27. The Morgan fingerprint density at radius 1 is 1.35 bits per heavy atom. The van der Waals surface area contributed by atoms with E-state index in [0.717, 1.165) is 22.7 Å². The van der Waals surface area contributed by atoms with Gasteiger partial charge in [-0.05, 0) is 24.1 Å². The number of nitrogens with one attached hydrogen (secondary N) is 2. The number of hydrogen-bond donors (Lipinski definition) is 2. The number of nitrogens with zero attached hydrogens (tertiary/aromatic N) is 1. The second kappa shape index (κ2) is 11.2. The molecule has 0 aliphatic rings. The van der Waals surface area contributed by atoms with E-state index in [1.807, 2.05) is 24.3 Å². The molecule has 0 aliphatic heterocycles. The average Bonchev–Trinajstić information content (AvgIpc) is 2.38. The number of guanidine groups is 1. The maximum Gasteiger partial charge on any atom is 0.191 e. The fraction of sp³-hybridized carbons (Fsp3) is 0.500. The number of hydrogen-bond acceptors (Lipinski definition) is 2. The topological polar surface area (TPSA) is 45.7 Å². The monoisotopic (exact) mass is 455 g/mol. The smallest absolute Gasteiger partial charge is 0.191 e. The molecule has 2 N–H and O–H groups in total. The van der Waals surface area contributed by atoms with E-state index in [9.17, 15) is 0 Å². The van der Waals surface area contributed by atoms with Crippen molar-refractivity contribution in [3.63, 3.8) is 0 Å². The van der Waals surface area contributed by atoms with Gasteiger partial charge in [0.25, 0.3) is 0 Å². The molecule has 0 aliphatic carbocycles. The molecule has 0 atom stereocenters. The first-order chi connectivity index (χ1) is 9.11. The van der Waals surface area contributed by atoms with Crippen molar-refractivity contribution in [2.45, 2.75) is 13.8 Å². The van der Waals surface area contributed by atoms with Crippen molar-refractivity contribution >= 4 is 45.9 Å². The van der Waals surface area contributed by atoms with Crippen LogP contribution in [0, 0.1) is 5.92 Å². The van der Waals surface area contributed by atoms with Crippen LogP contribution in [0.2, 0.25) is 0 Å². The molecule has 0 spiro atoms. The highest BCUT2D eigenvalue weighted by Gasteiger charge is 1.99. The number of rotatable bonds is 6. The van der Waals surface area contributed by atoms with E-state index in [-0.39, 0.29) is 24.0 Å². The van der Waals surface area contributed by atoms with Crippen LogP contribution in [0.5, 0.6) is 5.75 Å². The molecule has 4 nitrogen and oxygen atoms in total. The molecule has 20 heavy (non-hydrogen) atoms. The maximum atomic E-state index is 5.63. The van der Waals surface area contributed by atoms with Crippen molar-refractivity contribution in [3.05, 3.63) is 28.7 Å². The Labute approximate surface area is 146 Å². The highest BCUT2D eigenvalue weighted by molar-refractivity contribution is 14.0. The van der Waals surface area contributed by atoms with Crippen molar-refractivity contribution in [2.24, 2.45) is 10.9 Å². The Bertz CT molecular complexity index is 413. The summed E-state index contributed by atoms with van der Waals surface area (Å²) in [6.07, 6.45) is 0. The fourth-order valence-electron chi connectivity index (χ4n) is 1.42. The van der Waals surface area contributed by atoms with E-state index in [1.165, 1.54) is 0 Å². The van der Waals surface area contributed by atoms with Gasteiger partial charge in [0, 0.05) is 18.1 Å². The highest BCUT2D eigenvalue weighted by atomic mass is 127. The Morgan fingerprint density at radius 2 is 2.10 bits per heavy atom. The lowest BCUT2D eigenvalue weighted by Crippen LogP contribution is -2.40. The van der Waals surface area contributed by atoms with Gasteiger partial charge in [0.2, 0.25) is 0 Å². The molecule has 0 saturated heterocycles. The molecular weight excluding hydrogens is 433 g/mol. The second-order valence-electron chi connectivity index (χ2n) is 4.58. The Morgan fingerprint density at radius 3 is 2.70 bits per heavy atom. The van der Waals surface area contributed by atoms with Crippen LogP contribution in [0.3, 0.4) is 0 Å². The van der Waals surface area contributed by atoms with E-state index in [0.29, 0.717) is 19.1 Å². The summed E-state index contributed by atoms with van der Waals surface area (Å²) in [7, 11) is 1.77. The molecule has 0 aromatic heterocycles. The maximum absolute atomic E-state index is 5.63. The minimum absolute atomic E-state index is 0. The predicted molar refractivity (Wildman–Crippen MR) is 99.3 cm³/mol. The van der Waals surface area contributed by atoms with E-state index >= 15 is 0 Å². The average molecular weight is 456 g/mol. The molecule has 0 unspecified atom stereocenters. The first-order valence-electron chi connectivity index (χ1n) is 6.44. The normalized spacial score (nSPS) is 10.9. The van der Waals surface area contributed by atoms with Gasteiger partial charge in [0.1, 0.15) is 12.4 Å². The summed E-state index contributed by atoms with van der Waals surface area (Å²) in [6, 6.07) is 7.82. The third kappa shape index (κ3) is 8.63. The highest BCUT2D eigenvalue weighted by Crippen LogP contribution is 2.17. The van der Waals surface area contributed by atoms with Gasteiger partial charge in [-0.15, -0.1) is 24.0 Å². The fourth-order valence-corrected chi connectivity index (χ4v) is 1.79. The van der Waals surface area contributed by atoms with Gasteiger partial charge in [0.15, 0.2) is 5.96 Å². The standard InChI is InChI=1S/C14H22BrN3O.HI/c1-11(2)10-18-14(16-3)17-7-8-19-13-6-4-5-12(15)9-13;/h4-6,9,11H,7-8,10H2,1-3H3,(H2,16,17,18);1H. The SMILES string of the molecule is CN=C(NCCOc1cccc(Br)c1)NCC(C)C.I. The Hall–Kier alpha value is -0.500. The molecule has 0 saturated carbocycles. The van der Waals surface area contributed by atoms with Gasteiger partial charge < -0.3 is 15.4 Å². The van der Waals surface area contributed by atoms with Crippen molar-refractivity contribution in [1.82, 2.24) is 10.6 Å². The van der Waals surface area contributed by atoms with Crippen LogP contribution in [0.15, 0.2) is 33.7 Å². The lowest BCUT2D eigenvalue weighted by atomic mass is 10.2. The number of aliphatic imine (C=N–C) groups is 1. The van der Waals surface area contributed by atoms with Crippen LogP contribution in [0.25, 0.3) is 0 Å². The van der Waals surface area contributed by atoms with Gasteiger partial charge in [-0.25, -0.2) is 0 Å². The number of halogens is 2. The van der Waals surface area contributed by atoms with Gasteiger partial charge in [0.05, 0.1) is 6.54 Å². The van der Waals surface area contributed by atoms with E-state index in [1.54, 1.807) is 7.05 Å². The third-order valence-corrected chi connectivity index (χ3v) is 2.85. The largest absolute Gasteiger partial charge is 0.492 e. The molecule has 1 aromatic carbocycles. The quantitative estimate of drug-likeness (QED) is 0.299. The third-order valence-electron chi connectivity index (χ3n) is 2.36. The summed E-state index contributed by atoms with van der Waals surface area (Å²) in [5, 5.41) is 6.46. The Kier molecular flexibility index (Phi) is 10.9. The van der Waals surface area contributed by atoms with Gasteiger partial charge in [-0.2, -0.15) is 0 Å². The molecule has 0 amide bonds. The van der Waals surface area contributed by atoms with E-state index < -0.39 is 0 Å². The Balaban J connectivity index is 0.00000361. The second-order valence-corrected chi connectivity index (χ2v) is 5.50. The molecule has 114 valence electrons. The zero-order valence-electron chi connectivity index (χ0n) is 12.1. The summed E-state index contributed by atoms with van der Waals surface area (Å²) < 4.78 is 6.65. The first-order valence-corrected chi connectivity index (χ1v) is 7.24. The van der Waals surface area contributed by atoms with E-state index in [2.05, 4.69) is 45.4 Å². The van der Waals surface area contributed by atoms with Crippen LogP contribution in [-0.4, -0.2) is 32.7 Å². The van der Waals surface area contributed by atoms with Crippen molar-refractivity contribution < 1.29 is 4.74 Å². The van der Waals surface area contributed by atoms with Crippen molar-refractivity contribution in [2.75, 3.05) is 26.7 Å². The van der Waals surface area contributed by atoms with Crippen LogP contribution in [0.4, 0.5) is 0 Å². The molecule has 0 radical (unpaired) electrons. The number of benzene rings is 1. The van der Waals surface area contributed by atoms with Crippen LogP contribution < -0.4 is 15.4 Å². The molecule has 0 fully saturated rings. The molecule has 0 bridgehead atoms. The summed E-state index contributed by atoms with van der Waals surface area (Å²) in [4.78, 5) is 4.15. The summed E-state index contributed by atoms with van der Waals surface area (Å²) in [5.41, 5.74) is 0. The minimum atomic E-state index is 0. The molecular formula is C14H23BrIN3O. The van der Waals surface area contributed by atoms with Crippen molar-refractivity contribution in [1.29, 1.82) is 0 Å².